The van der Waals surface area contributed by atoms with E-state index in [1.807, 2.05) is 11.8 Å². The first-order valence-corrected chi connectivity index (χ1v) is 7.40. The van der Waals surface area contributed by atoms with Gasteiger partial charge in [0.15, 0.2) is 0 Å². The highest BCUT2D eigenvalue weighted by Crippen LogP contribution is 2.29. The van der Waals surface area contributed by atoms with Gasteiger partial charge in [0.05, 0.1) is 12.5 Å². The minimum absolute atomic E-state index is 0. The summed E-state index contributed by atoms with van der Waals surface area (Å²) in [7, 11) is 1.59. The number of hydrogen-bond donors (Lipinski definition) is 2. The van der Waals surface area contributed by atoms with Crippen molar-refractivity contribution in [3.63, 3.8) is 0 Å². The van der Waals surface area contributed by atoms with Crippen LogP contribution in [0.1, 0.15) is 32.6 Å². The summed E-state index contributed by atoms with van der Waals surface area (Å²) in [5, 5.41) is 3.70. The topological polar surface area (TPSA) is 64.4 Å². The van der Waals surface area contributed by atoms with Crippen LogP contribution >= 0.6 is 24.2 Å². The second kappa shape index (κ2) is 9.89. The second-order valence-corrected chi connectivity index (χ2v) is 5.91. The molecule has 1 amide bonds. The predicted molar refractivity (Wildman–Crippen MR) is 79.4 cm³/mol. The van der Waals surface area contributed by atoms with Crippen LogP contribution in [0.2, 0.25) is 0 Å². The Kier molecular flexibility index (Phi) is 9.91. The highest BCUT2D eigenvalue weighted by Gasteiger charge is 2.28. The zero-order valence-electron chi connectivity index (χ0n) is 11.2. The van der Waals surface area contributed by atoms with E-state index in [-0.39, 0.29) is 24.4 Å². The van der Waals surface area contributed by atoms with Crippen LogP contribution in [0.5, 0.6) is 0 Å². The third kappa shape index (κ3) is 5.78. The fourth-order valence-electron chi connectivity index (χ4n) is 2.24. The lowest BCUT2D eigenvalue weighted by molar-refractivity contribution is -0.124. The molecule has 1 rings (SSSR count). The number of halogens is 1. The molecule has 0 bridgehead atoms. The molecule has 0 radical (unpaired) electrons. The first-order valence-electron chi connectivity index (χ1n) is 6.35. The van der Waals surface area contributed by atoms with Crippen molar-refractivity contribution in [3.8, 4) is 0 Å². The van der Waals surface area contributed by atoms with Gasteiger partial charge in [-0.1, -0.05) is 13.3 Å². The molecule has 1 saturated carbocycles. The van der Waals surface area contributed by atoms with E-state index in [4.69, 9.17) is 10.5 Å². The SMILES string of the molecule is CCSC1CCCC1NC(=O)CC(CN)OC.Cl. The van der Waals surface area contributed by atoms with E-state index in [0.717, 1.165) is 12.2 Å². The summed E-state index contributed by atoms with van der Waals surface area (Å²) in [5.41, 5.74) is 5.51. The summed E-state index contributed by atoms with van der Waals surface area (Å²) in [6, 6.07) is 0.336. The van der Waals surface area contributed by atoms with Crippen LogP contribution in [0, 0.1) is 0 Å². The van der Waals surface area contributed by atoms with Gasteiger partial charge in [0.1, 0.15) is 0 Å². The zero-order valence-corrected chi connectivity index (χ0v) is 12.8. The van der Waals surface area contributed by atoms with Crippen molar-refractivity contribution in [2.24, 2.45) is 5.73 Å². The Morgan fingerprint density at radius 3 is 2.83 bits per heavy atom. The van der Waals surface area contributed by atoms with Crippen molar-refractivity contribution >= 4 is 30.1 Å². The van der Waals surface area contributed by atoms with Crippen LogP contribution in [-0.4, -0.2) is 42.7 Å². The Hall–Kier alpha value is 0.0300. The molecule has 18 heavy (non-hydrogen) atoms. The maximum Gasteiger partial charge on any atom is 0.222 e. The van der Waals surface area contributed by atoms with Crippen molar-refractivity contribution < 1.29 is 9.53 Å². The van der Waals surface area contributed by atoms with E-state index in [2.05, 4.69) is 12.2 Å². The molecule has 1 fully saturated rings. The van der Waals surface area contributed by atoms with E-state index in [1.54, 1.807) is 7.11 Å². The van der Waals surface area contributed by atoms with Gasteiger partial charge in [0, 0.05) is 24.9 Å². The molecule has 3 N–H and O–H groups in total. The molecular formula is C12H25ClN2O2S. The average molecular weight is 297 g/mol. The summed E-state index contributed by atoms with van der Waals surface area (Å²) in [4.78, 5) is 11.8. The van der Waals surface area contributed by atoms with Gasteiger partial charge < -0.3 is 15.8 Å². The average Bonchev–Trinajstić information content (AvgIpc) is 2.74. The number of carbonyl (C=O) groups excluding carboxylic acids is 1. The Morgan fingerprint density at radius 1 is 1.56 bits per heavy atom. The lowest BCUT2D eigenvalue weighted by atomic mass is 10.2. The summed E-state index contributed by atoms with van der Waals surface area (Å²) in [6.45, 7) is 2.55. The zero-order chi connectivity index (χ0) is 12.7. The standard InChI is InChI=1S/C12H24N2O2S.ClH/c1-3-17-11-6-4-5-10(11)14-12(15)7-9(8-13)16-2;/h9-11H,3-8,13H2,1-2H3,(H,14,15);1H. The number of amides is 1. The quantitative estimate of drug-likeness (QED) is 0.748. The third-order valence-electron chi connectivity index (χ3n) is 3.19. The van der Waals surface area contributed by atoms with Gasteiger partial charge in [-0.3, -0.25) is 4.79 Å². The Balaban J connectivity index is 0.00000289. The molecule has 0 aromatic rings. The first kappa shape index (κ1) is 18.0. The molecule has 3 unspecified atom stereocenters. The lowest BCUT2D eigenvalue weighted by Crippen LogP contribution is -2.41. The Bertz CT molecular complexity index is 240. The van der Waals surface area contributed by atoms with Crippen molar-refractivity contribution in [1.82, 2.24) is 5.32 Å². The number of methoxy groups -OCH3 is 1. The summed E-state index contributed by atoms with van der Waals surface area (Å²) in [6.07, 6.45) is 3.74. The number of thioether (sulfide) groups is 1. The minimum Gasteiger partial charge on any atom is -0.380 e. The number of carbonyl (C=O) groups is 1. The maximum absolute atomic E-state index is 11.8. The minimum atomic E-state index is -0.159. The van der Waals surface area contributed by atoms with Gasteiger partial charge in [-0.15, -0.1) is 12.4 Å². The van der Waals surface area contributed by atoms with Crippen LogP contribution in [0.4, 0.5) is 0 Å². The number of nitrogens with two attached hydrogens (primary N) is 1. The lowest BCUT2D eigenvalue weighted by Gasteiger charge is -2.21. The Morgan fingerprint density at radius 2 is 2.28 bits per heavy atom. The normalized spacial score (nSPS) is 24.4. The third-order valence-corrected chi connectivity index (χ3v) is 4.51. The molecule has 0 aliphatic heterocycles. The fourth-order valence-corrected chi connectivity index (χ4v) is 3.44. The van der Waals surface area contributed by atoms with Crippen molar-refractivity contribution in [2.75, 3.05) is 19.4 Å². The highest BCUT2D eigenvalue weighted by atomic mass is 35.5. The van der Waals surface area contributed by atoms with Gasteiger partial charge in [0.2, 0.25) is 5.91 Å². The molecule has 1 aliphatic carbocycles. The summed E-state index contributed by atoms with van der Waals surface area (Å²) < 4.78 is 5.12. The molecule has 3 atom stereocenters. The predicted octanol–water partition coefficient (Wildman–Crippen LogP) is 1.56. The van der Waals surface area contributed by atoms with Gasteiger partial charge >= 0.3 is 0 Å². The van der Waals surface area contributed by atoms with E-state index in [1.165, 1.54) is 12.8 Å². The molecule has 0 spiro atoms. The van der Waals surface area contributed by atoms with Gasteiger partial charge in [-0.2, -0.15) is 11.8 Å². The molecule has 6 heteroatoms. The van der Waals surface area contributed by atoms with Gasteiger partial charge in [-0.25, -0.2) is 0 Å². The Labute approximate surface area is 120 Å². The molecule has 4 nitrogen and oxygen atoms in total. The summed E-state index contributed by atoms with van der Waals surface area (Å²) in [5.74, 6) is 1.18. The van der Waals surface area contributed by atoms with E-state index >= 15 is 0 Å². The van der Waals surface area contributed by atoms with Crippen LogP contribution < -0.4 is 11.1 Å². The number of hydrogen-bond acceptors (Lipinski definition) is 4. The number of ether oxygens (including phenoxy) is 1. The molecule has 1 aliphatic rings. The van der Waals surface area contributed by atoms with Crippen LogP contribution in [0.25, 0.3) is 0 Å². The van der Waals surface area contributed by atoms with Crippen LogP contribution in [-0.2, 0) is 9.53 Å². The van der Waals surface area contributed by atoms with E-state index < -0.39 is 0 Å². The molecule has 0 saturated heterocycles. The molecule has 0 heterocycles. The smallest absolute Gasteiger partial charge is 0.222 e. The summed E-state index contributed by atoms with van der Waals surface area (Å²) >= 11 is 1.95. The largest absolute Gasteiger partial charge is 0.380 e. The van der Waals surface area contributed by atoms with Crippen molar-refractivity contribution in [2.45, 2.75) is 50.0 Å². The van der Waals surface area contributed by atoms with E-state index in [9.17, 15) is 4.79 Å². The van der Waals surface area contributed by atoms with Gasteiger partial charge in [0.25, 0.3) is 0 Å². The highest BCUT2D eigenvalue weighted by molar-refractivity contribution is 7.99. The van der Waals surface area contributed by atoms with Gasteiger partial charge in [-0.05, 0) is 18.6 Å². The van der Waals surface area contributed by atoms with Crippen LogP contribution in [0.15, 0.2) is 0 Å². The fraction of sp³-hybridized carbons (Fsp3) is 0.917. The second-order valence-electron chi connectivity index (χ2n) is 4.40. The van der Waals surface area contributed by atoms with Crippen molar-refractivity contribution in [1.29, 1.82) is 0 Å². The molecular weight excluding hydrogens is 272 g/mol. The monoisotopic (exact) mass is 296 g/mol. The number of nitrogens with one attached hydrogen (secondary N) is 1. The number of rotatable bonds is 7. The maximum atomic E-state index is 11.8. The molecule has 108 valence electrons. The molecule has 0 aromatic heterocycles. The van der Waals surface area contributed by atoms with Crippen LogP contribution in [0.3, 0.4) is 0 Å². The molecule has 0 aromatic carbocycles. The first-order chi connectivity index (χ1) is 8.21. The van der Waals surface area contributed by atoms with E-state index in [0.29, 0.717) is 24.3 Å². The van der Waals surface area contributed by atoms with Crippen molar-refractivity contribution in [3.05, 3.63) is 0 Å².